The second-order valence-corrected chi connectivity index (χ2v) is 22.1. The van der Waals surface area contributed by atoms with Gasteiger partial charge in [-0.05, 0) is 95.2 Å². The number of hydrogen-bond acceptors (Lipinski definition) is 13. The number of benzene rings is 2. The van der Waals surface area contributed by atoms with E-state index >= 15 is 0 Å². The number of fused-ring (bicyclic) bond motifs is 6. The molecule has 22 heteroatoms. The van der Waals surface area contributed by atoms with Gasteiger partial charge in [-0.2, -0.15) is 0 Å². The average molecular weight is 934 g/mol. The summed E-state index contributed by atoms with van der Waals surface area (Å²) in [4.78, 5) is 9.14. The lowest BCUT2D eigenvalue weighted by atomic mass is 10.1. The number of aromatic nitrogens is 10. The van der Waals surface area contributed by atoms with Crippen LogP contribution in [0, 0.1) is 13.8 Å². The summed E-state index contributed by atoms with van der Waals surface area (Å²) < 4.78 is 86.3. The maximum Gasteiger partial charge on any atom is 0.269 e. The Kier molecular flexibility index (Phi) is 11.4. The number of rotatable bonds is 11. The van der Waals surface area contributed by atoms with E-state index in [0.717, 1.165) is 42.6 Å². The van der Waals surface area contributed by atoms with E-state index in [1.807, 2.05) is 22.6 Å². The molecule has 2 aliphatic carbocycles. The van der Waals surface area contributed by atoms with Crippen LogP contribution in [-0.2, 0) is 30.1 Å². The first-order valence-corrected chi connectivity index (χ1v) is 25.6. The van der Waals surface area contributed by atoms with Crippen molar-refractivity contribution < 1.29 is 25.3 Å². The summed E-state index contributed by atoms with van der Waals surface area (Å²) in [6.07, 6.45) is 11.2. The van der Waals surface area contributed by atoms with E-state index in [0.29, 0.717) is 58.9 Å². The largest absolute Gasteiger partial charge is 0.328 e. The zero-order chi connectivity index (χ0) is 44.3. The molecule has 2 saturated carbocycles. The summed E-state index contributed by atoms with van der Waals surface area (Å²) >= 11 is 5.63. The molecule has 0 unspecified atom stereocenters. The molecule has 18 nitrogen and oxygen atoms in total. The van der Waals surface area contributed by atoms with Gasteiger partial charge in [0.2, 0.25) is 10.0 Å². The quantitative estimate of drug-likeness (QED) is 0.162. The molecule has 2 aromatic carbocycles. The molecule has 3 N–H and O–H groups in total. The average Bonchev–Trinajstić information content (AvgIpc) is 4.11. The molecule has 0 aliphatic heterocycles. The first-order chi connectivity index (χ1) is 30.1. The zero-order valence-corrected chi connectivity index (χ0v) is 37.6. The van der Waals surface area contributed by atoms with Crippen LogP contribution in [-0.4, -0.2) is 96.1 Å². The number of alkyl halides is 1. The summed E-state index contributed by atoms with van der Waals surface area (Å²) in [6.45, 7) is 3.81. The fraction of sp³-hybridized carbons (Fsp3) is 0.366. The van der Waals surface area contributed by atoms with E-state index in [9.17, 15) is 25.3 Å². The highest BCUT2D eigenvalue weighted by atomic mass is 35.5. The summed E-state index contributed by atoms with van der Waals surface area (Å²) in [5.41, 5.74) is 11.0. The van der Waals surface area contributed by atoms with Gasteiger partial charge in [0.15, 0.2) is 22.6 Å². The molecule has 0 saturated heterocycles. The van der Waals surface area contributed by atoms with E-state index in [4.69, 9.17) is 17.3 Å². The summed E-state index contributed by atoms with van der Waals surface area (Å²) in [7, 11) is -11.0. The molecule has 4 atom stereocenters. The highest BCUT2D eigenvalue weighted by Crippen LogP contribution is 2.36. The van der Waals surface area contributed by atoms with Crippen LogP contribution in [0.3, 0.4) is 0 Å². The Bertz CT molecular complexity index is 3330. The third-order valence-corrected chi connectivity index (χ3v) is 17.0. The second-order valence-electron chi connectivity index (χ2n) is 16.3. The molecule has 0 amide bonds. The molecule has 0 radical (unpaired) electrons. The molecule has 6 heterocycles. The van der Waals surface area contributed by atoms with E-state index in [1.54, 1.807) is 66.9 Å². The van der Waals surface area contributed by atoms with Crippen LogP contribution in [0.5, 0.6) is 0 Å². The maximum absolute atomic E-state index is 13.3. The van der Waals surface area contributed by atoms with Crippen molar-refractivity contribution in [3.05, 3.63) is 108 Å². The van der Waals surface area contributed by atoms with Gasteiger partial charge in [0.1, 0.15) is 11.6 Å². The van der Waals surface area contributed by atoms with Gasteiger partial charge in [-0.25, -0.2) is 47.9 Å². The molecular weight excluding hydrogens is 888 g/mol. The lowest BCUT2D eigenvalue weighted by Crippen LogP contribution is -2.34. The number of sulfonamides is 1. The predicted octanol–water partition coefficient (Wildman–Crippen LogP) is 5.03. The van der Waals surface area contributed by atoms with Crippen molar-refractivity contribution >= 4 is 75.3 Å². The standard InChI is InChI=1S/C22H25ClN6O4S2.C19H20N6O2S/c1-15-3-7-18(8-4-15)35(32,33)28-11-9-19-22(28)24-14-20-25-26-21(29(19)20)16-5-6-17(13-16)27-34(30,31)12-2-10-23;1-12-2-6-15(7-3-12)28(26,27)24-9-8-16-19(24)21-11-17-22-23-18(25(16)17)13-4-5-14(20)10-13/h3-4,7-9,11,14,16-17,27H,2,5-6,10,12-13H2,1H3;2-3,6-9,11,13-14H,4-5,10,20H2,1H3/t16-,17+;13-,14+/m11/s1. The van der Waals surface area contributed by atoms with Gasteiger partial charge in [-0.15, -0.1) is 32.0 Å². The van der Waals surface area contributed by atoms with E-state index in [2.05, 4.69) is 35.1 Å². The Balaban J connectivity index is 0.000000164. The van der Waals surface area contributed by atoms with Gasteiger partial charge in [0.25, 0.3) is 20.0 Å². The Morgan fingerprint density at radius 1 is 0.651 bits per heavy atom. The van der Waals surface area contributed by atoms with Gasteiger partial charge < -0.3 is 5.73 Å². The van der Waals surface area contributed by atoms with Crippen LogP contribution >= 0.6 is 11.6 Å². The van der Waals surface area contributed by atoms with Crippen LogP contribution in [0.1, 0.15) is 79.6 Å². The molecule has 6 aromatic heterocycles. The third kappa shape index (κ3) is 8.10. The van der Waals surface area contributed by atoms with Gasteiger partial charge in [-0.3, -0.25) is 8.80 Å². The summed E-state index contributed by atoms with van der Waals surface area (Å²) in [5.74, 6) is 1.96. The normalized spacial score (nSPS) is 19.7. The lowest BCUT2D eigenvalue weighted by molar-refractivity contribution is 0.545. The Hall–Kier alpha value is -5.32. The van der Waals surface area contributed by atoms with Crippen molar-refractivity contribution in [3.8, 4) is 0 Å². The van der Waals surface area contributed by atoms with Crippen LogP contribution in [0.15, 0.2) is 95.2 Å². The van der Waals surface area contributed by atoms with E-state index in [-0.39, 0.29) is 45.1 Å². The van der Waals surface area contributed by atoms with Gasteiger partial charge in [-0.1, -0.05) is 35.4 Å². The lowest BCUT2D eigenvalue weighted by Gasteiger charge is -2.13. The first-order valence-electron chi connectivity index (χ1n) is 20.5. The predicted molar refractivity (Wildman–Crippen MR) is 237 cm³/mol. The van der Waals surface area contributed by atoms with Crippen LogP contribution in [0.2, 0.25) is 0 Å². The van der Waals surface area contributed by atoms with Crippen LogP contribution in [0.4, 0.5) is 0 Å². The monoisotopic (exact) mass is 932 g/mol. The Labute approximate surface area is 368 Å². The second kappa shape index (κ2) is 16.7. The molecule has 8 aromatic rings. The molecule has 2 aliphatic rings. The summed E-state index contributed by atoms with van der Waals surface area (Å²) in [5, 5.41) is 17.2. The molecule has 2 fully saturated rings. The minimum absolute atomic E-state index is 0.000787. The van der Waals surface area contributed by atoms with Crippen molar-refractivity contribution in [3.63, 3.8) is 0 Å². The number of nitrogens with zero attached hydrogens (tertiary/aromatic N) is 10. The smallest absolute Gasteiger partial charge is 0.269 e. The van der Waals surface area contributed by atoms with Crippen LogP contribution < -0.4 is 10.5 Å². The number of hydrogen-bond donors (Lipinski definition) is 2. The minimum atomic E-state index is -3.85. The minimum Gasteiger partial charge on any atom is -0.328 e. The van der Waals surface area contributed by atoms with Crippen LogP contribution in [0.25, 0.3) is 33.6 Å². The topological polar surface area (TPSA) is 236 Å². The highest BCUT2D eigenvalue weighted by Gasteiger charge is 2.33. The molecule has 63 heavy (non-hydrogen) atoms. The van der Waals surface area contributed by atoms with Gasteiger partial charge in [0.05, 0.1) is 39.0 Å². The first kappa shape index (κ1) is 43.0. The molecule has 0 bridgehead atoms. The number of halogens is 1. The molecule has 330 valence electrons. The number of nitrogens with one attached hydrogen (secondary N) is 1. The number of nitrogens with two attached hydrogens (primary N) is 1. The highest BCUT2D eigenvalue weighted by molar-refractivity contribution is 7.90. The Morgan fingerprint density at radius 3 is 1.59 bits per heavy atom. The number of aryl methyl sites for hydroxylation is 2. The fourth-order valence-electron chi connectivity index (χ4n) is 8.60. The maximum atomic E-state index is 13.3. The van der Waals surface area contributed by atoms with Gasteiger partial charge >= 0.3 is 0 Å². The third-order valence-electron chi connectivity index (χ3n) is 11.8. The van der Waals surface area contributed by atoms with Crippen molar-refractivity contribution in [1.82, 2.24) is 51.8 Å². The molecule has 10 rings (SSSR count). The Morgan fingerprint density at radius 2 is 1.13 bits per heavy atom. The van der Waals surface area contributed by atoms with E-state index in [1.165, 1.54) is 26.5 Å². The molecular formula is C41H45ClN12O6S3. The van der Waals surface area contributed by atoms with E-state index < -0.39 is 30.1 Å². The molecule has 0 spiro atoms. The van der Waals surface area contributed by atoms with Crippen molar-refractivity contribution in [2.24, 2.45) is 5.73 Å². The van der Waals surface area contributed by atoms with Crippen molar-refractivity contribution in [2.45, 2.75) is 92.5 Å². The van der Waals surface area contributed by atoms with Crippen molar-refractivity contribution in [1.29, 1.82) is 0 Å². The zero-order valence-electron chi connectivity index (χ0n) is 34.4. The SMILES string of the molecule is Cc1ccc(S(=O)(=O)n2ccc3c2ncc2nnc([C@@H]4CC[C@H](N)C4)n23)cc1.Cc1ccc(S(=O)(=O)n2ccc3c2ncc2nnc([C@@H]4CC[C@H](NS(=O)(=O)CCCCl)C4)n23)cc1. The van der Waals surface area contributed by atoms with Crippen molar-refractivity contribution in [2.75, 3.05) is 11.6 Å². The fourth-order valence-corrected chi connectivity index (χ4v) is 12.8. The summed E-state index contributed by atoms with van der Waals surface area (Å²) in [6, 6.07) is 16.9. The van der Waals surface area contributed by atoms with Gasteiger partial charge in [0, 0.05) is 42.2 Å².